The Morgan fingerprint density at radius 3 is 1.59 bits per heavy atom. The molecule has 0 aliphatic carbocycles. The Balaban J connectivity index is 3.44. The van der Waals surface area contributed by atoms with Crippen LogP contribution in [0.1, 0.15) is 12.5 Å². The van der Waals surface area contributed by atoms with Crippen molar-refractivity contribution in [3.63, 3.8) is 0 Å². The van der Waals surface area contributed by atoms with Crippen LogP contribution < -0.4 is 0 Å². The van der Waals surface area contributed by atoms with Gasteiger partial charge in [-0.15, -0.1) is 0 Å². The number of hydrogen-bond donors (Lipinski definition) is 0. The lowest BCUT2D eigenvalue weighted by molar-refractivity contribution is 1.50. The third-order valence-corrected chi connectivity index (χ3v) is 8.23. The molecule has 2 heteroatoms. The van der Waals surface area contributed by atoms with Gasteiger partial charge in [-0.05, 0) is 12.5 Å². The van der Waals surface area contributed by atoms with E-state index in [1.54, 1.807) is 10.4 Å². The van der Waals surface area contributed by atoms with Crippen LogP contribution >= 0.6 is 0 Å². The maximum atomic E-state index is 2.46. The van der Waals surface area contributed by atoms with E-state index in [1.165, 1.54) is 5.56 Å². The molecule has 1 rings (SSSR count). The highest BCUT2D eigenvalue weighted by Crippen LogP contribution is 2.32. The first-order valence-corrected chi connectivity index (χ1v) is 13.4. The maximum Gasteiger partial charge on any atom is 0.0778 e. The molecule has 1 aromatic carbocycles. The summed E-state index contributed by atoms with van der Waals surface area (Å²) in [5, 5.41) is 3.36. The summed E-state index contributed by atoms with van der Waals surface area (Å²) in [5.74, 6) is 0. The van der Waals surface area contributed by atoms with Gasteiger partial charge in [0.15, 0.2) is 0 Å². The van der Waals surface area contributed by atoms with Gasteiger partial charge in [0.25, 0.3) is 0 Å². The van der Waals surface area contributed by atoms with Crippen molar-refractivity contribution in [2.24, 2.45) is 0 Å². The van der Waals surface area contributed by atoms with Crippen molar-refractivity contribution in [3.8, 4) is 0 Å². The lowest BCUT2D eigenvalue weighted by atomic mass is 10.2. The van der Waals surface area contributed by atoms with Gasteiger partial charge in [-0.3, -0.25) is 0 Å². The molecule has 0 fully saturated rings. The normalized spacial score (nSPS) is 14.5. The highest BCUT2D eigenvalue weighted by molar-refractivity contribution is 6.97. The lowest BCUT2D eigenvalue weighted by Crippen LogP contribution is -2.31. The molecule has 0 N–H and O–H groups in total. The fourth-order valence-corrected chi connectivity index (χ4v) is 7.49. The van der Waals surface area contributed by atoms with E-state index in [2.05, 4.69) is 76.5 Å². The minimum atomic E-state index is -1.29. The van der Waals surface area contributed by atoms with Crippen molar-refractivity contribution < 1.29 is 0 Å². The molecule has 0 atom stereocenters. The van der Waals surface area contributed by atoms with E-state index in [-0.39, 0.29) is 0 Å². The van der Waals surface area contributed by atoms with E-state index in [0.29, 0.717) is 0 Å². The Hall–Kier alpha value is -0.606. The van der Waals surface area contributed by atoms with Crippen LogP contribution in [-0.2, 0) is 0 Å². The number of allylic oxidation sites excluding steroid dienone is 1. The Bertz CT molecular complexity index is 403. The van der Waals surface area contributed by atoms with E-state index >= 15 is 0 Å². The third-order valence-electron chi connectivity index (χ3n) is 3.31. The van der Waals surface area contributed by atoms with Crippen LogP contribution in [0.15, 0.2) is 35.5 Å². The summed E-state index contributed by atoms with van der Waals surface area (Å²) in [5.41, 5.74) is 1.45. The van der Waals surface area contributed by atoms with Crippen molar-refractivity contribution in [1.82, 2.24) is 0 Å². The second-order valence-electron chi connectivity index (χ2n) is 6.87. The fourth-order valence-electron chi connectivity index (χ4n) is 2.19. The lowest BCUT2D eigenvalue weighted by Gasteiger charge is -2.30. The molecule has 0 amide bonds. The van der Waals surface area contributed by atoms with Crippen molar-refractivity contribution in [2.45, 2.75) is 46.2 Å². The Morgan fingerprint density at radius 1 is 0.765 bits per heavy atom. The smallest absolute Gasteiger partial charge is 0.0778 e. The van der Waals surface area contributed by atoms with Crippen LogP contribution in [0.2, 0.25) is 39.3 Å². The highest BCUT2D eigenvalue weighted by atomic mass is 28.3. The molecule has 0 aliphatic heterocycles. The molecule has 0 aromatic heterocycles. The average molecular weight is 263 g/mol. The van der Waals surface area contributed by atoms with Gasteiger partial charge in [-0.25, -0.2) is 0 Å². The van der Waals surface area contributed by atoms with Gasteiger partial charge in [0.2, 0.25) is 0 Å². The molecular formula is C15H26Si2. The predicted octanol–water partition coefficient (Wildman–Crippen LogP) is 5.21. The molecule has 0 radical (unpaired) electrons. The minimum Gasteiger partial charge on any atom is -0.0842 e. The summed E-state index contributed by atoms with van der Waals surface area (Å²) >= 11 is 0. The molecule has 0 heterocycles. The zero-order valence-corrected chi connectivity index (χ0v) is 14.4. The summed E-state index contributed by atoms with van der Waals surface area (Å²) in [6.07, 6.45) is 0. The molecule has 0 bridgehead atoms. The van der Waals surface area contributed by atoms with Crippen molar-refractivity contribution in [2.75, 3.05) is 0 Å². The molecule has 0 unspecified atom stereocenters. The van der Waals surface area contributed by atoms with E-state index < -0.39 is 16.1 Å². The van der Waals surface area contributed by atoms with Crippen LogP contribution in [0.5, 0.6) is 0 Å². The van der Waals surface area contributed by atoms with E-state index in [1.807, 2.05) is 0 Å². The maximum absolute atomic E-state index is 2.46. The zero-order valence-electron chi connectivity index (χ0n) is 12.4. The Labute approximate surface area is 109 Å². The first-order valence-electron chi connectivity index (χ1n) is 6.41. The predicted molar refractivity (Wildman–Crippen MR) is 85.7 cm³/mol. The molecule has 0 aliphatic rings. The summed E-state index contributed by atoms with van der Waals surface area (Å²) in [4.78, 5) is 0. The molecule has 17 heavy (non-hydrogen) atoms. The standard InChI is InChI=1S/C15H26Si2/c1-13(16(2,3)4)15(17(5,6)7)14-11-9-8-10-12-14/h8-12H,1-7H3. The van der Waals surface area contributed by atoms with Crippen LogP contribution in [-0.4, -0.2) is 16.1 Å². The minimum absolute atomic E-state index is 1.20. The first-order chi connectivity index (χ1) is 7.64. The monoisotopic (exact) mass is 262 g/mol. The van der Waals surface area contributed by atoms with E-state index in [9.17, 15) is 0 Å². The van der Waals surface area contributed by atoms with Crippen molar-refractivity contribution in [1.29, 1.82) is 0 Å². The average Bonchev–Trinajstić information content (AvgIpc) is 2.15. The summed E-state index contributed by atoms with van der Waals surface area (Å²) in [6, 6.07) is 11.0. The van der Waals surface area contributed by atoms with Gasteiger partial charge in [0.05, 0.1) is 16.1 Å². The summed E-state index contributed by atoms with van der Waals surface area (Å²) in [6.45, 7) is 17.1. The van der Waals surface area contributed by atoms with Gasteiger partial charge in [0, 0.05) is 0 Å². The van der Waals surface area contributed by atoms with Crippen LogP contribution in [0.3, 0.4) is 0 Å². The molecule has 0 nitrogen and oxygen atoms in total. The Kier molecular flexibility index (Phi) is 4.21. The summed E-state index contributed by atoms with van der Waals surface area (Å²) in [7, 11) is -2.49. The molecule has 0 spiro atoms. The van der Waals surface area contributed by atoms with Gasteiger partial charge in [-0.2, -0.15) is 0 Å². The zero-order chi connectivity index (χ0) is 13.3. The second kappa shape index (κ2) is 4.95. The van der Waals surface area contributed by atoms with Crippen LogP contribution in [0, 0.1) is 0 Å². The molecule has 94 valence electrons. The summed E-state index contributed by atoms with van der Waals surface area (Å²) < 4.78 is 0. The van der Waals surface area contributed by atoms with Crippen molar-refractivity contribution in [3.05, 3.63) is 41.1 Å². The van der Waals surface area contributed by atoms with Gasteiger partial charge >= 0.3 is 0 Å². The Morgan fingerprint density at radius 2 is 1.24 bits per heavy atom. The fraction of sp³-hybridized carbons (Fsp3) is 0.467. The van der Waals surface area contributed by atoms with E-state index in [4.69, 9.17) is 0 Å². The SMILES string of the molecule is CC(=C(c1ccccc1)[Si](C)(C)C)[Si](C)(C)C. The third kappa shape index (κ3) is 3.68. The van der Waals surface area contributed by atoms with Gasteiger partial charge in [0.1, 0.15) is 0 Å². The van der Waals surface area contributed by atoms with Gasteiger partial charge < -0.3 is 0 Å². The topological polar surface area (TPSA) is 0 Å². The quantitative estimate of drug-likeness (QED) is 0.656. The molecule has 0 saturated heterocycles. The first kappa shape index (κ1) is 14.5. The number of hydrogen-bond acceptors (Lipinski definition) is 0. The van der Waals surface area contributed by atoms with Crippen LogP contribution in [0.4, 0.5) is 0 Å². The van der Waals surface area contributed by atoms with E-state index in [0.717, 1.165) is 0 Å². The largest absolute Gasteiger partial charge is 0.0842 e. The molecule has 0 saturated carbocycles. The number of benzene rings is 1. The van der Waals surface area contributed by atoms with Gasteiger partial charge in [-0.1, -0.05) is 80.0 Å². The second-order valence-corrected chi connectivity index (χ2v) is 17.1. The highest BCUT2D eigenvalue weighted by Gasteiger charge is 2.28. The molecule has 1 aromatic rings. The van der Waals surface area contributed by atoms with Crippen LogP contribution in [0.25, 0.3) is 5.20 Å². The molecular weight excluding hydrogens is 236 g/mol. The number of rotatable bonds is 3. The van der Waals surface area contributed by atoms with Crippen molar-refractivity contribution >= 4 is 21.3 Å².